The van der Waals surface area contributed by atoms with Crippen LogP contribution in [-0.2, 0) is 19.3 Å². The third-order valence-corrected chi connectivity index (χ3v) is 7.33. The van der Waals surface area contributed by atoms with Gasteiger partial charge in [0.1, 0.15) is 5.75 Å². The van der Waals surface area contributed by atoms with E-state index in [-0.39, 0.29) is 6.09 Å². The molecule has 1 aliphatic rings. The predicted octanol–water partition coefficient (Wildman–Crippen LogP) is 6.57. The maximum absolute atomic E-state index is 12.8. The smallest absolute Gasteiger partial charge is 0.410 e. The van der Waals surface area contributed by atoms with E-state index in [1.54, 1.807) is 0 Å². The molecular formula is C27H40N2O2S. The van der Waals surface area contributed by atoms with Gasteiger partial charge < -0.3 is 9.64 Å². The second-order valence-electron chi connectivity index (χ2n) is 8.86. The maximum atomic E-state index is 12.8. The highest BCUT2D eigenvalue weighted by Gasteiger charge is 2.27. The minimum Gasteiger partial charge on any atom is -0.410 e. The SMILES string of the molecule is CCCCN(CCC)C(=O)Oc1cccc2c1CCC(N(CCC)CCc1cccs1)C2. The quantitative estimate of drug-likeness (QED) is 0.362. The van der Waals surface area contributed by atoms with Crippen LogP contribution in [0.25, 0.3) is 0 Å². The molecule has 1 heterocycles. The molecule has 1 unspecified atom stereocenters. The van der Waals surface area contributed by atoms with Gasteiger partial charge in [-0.3, -0.25) is 4.90 Å². The van der Waals surface area contributed by atoms with Gasteiger partial charge in [0.05, 0.1) is 0 Å². The molecule has 1 aliphatic carbocycles. The first-order chi connectivity index (χ1) is 15.7. The summed E-state index contributed by atoms with van der Waals surface area (Å²) < 4.78 is 5.94. The van der Waals surface area contributed by atoms with Crippen LogP contribution in [0.2, 0.25) is 0 Å². The van der Waals surface area contributed by atoms with Crippen molar-refractivity contribution in [1.29, 1.82) is 0 Å². The van der Waals surface area contributed by atoms with E-state index in [9.17, 15) is 4.79 Å². The van der Waals surface area contributed by atoms with Crippen LogP contribution in [0, 0.1) is 0 Å². The Bertz CT molecular complexity index is 821. The van der Waals surface area contributed by atoms with Gasteiger partial charge >= 0.3 is 6.09 Å². The summed E-state index contributed by atoms with van der Waals surface area (Å²) in [6, 6.07) is 11.2. The third kappa shape index (κ3) is 6.82. The molecule has 1 aromatic carbocycles. The molecule has 1 amide bonds. The molecule has 2 aromatic rings. The topological polar surface area (TPSA) is 32.8 Å². The Morgan fingerprint density at radius 3 is 2.59 bits per heavy atom. The van der Waals surface area contributed by atoms with Gasteiger partial charge in [-0.25, -0.2) is 4.79 Å². The Kier molecular flexibility index (Phi) is 10.1. The molecule has 0 bridgehead atoms. The van der Waals surface area contributed by atoms with Gasteiger partial charge in [-0.05, 0) is 80.1 Å². The maximum Gasteiger partial charge on any atom is 0.415 e. The second kappa shape index (κ2) is 13.0. The lowest BCUT2D eigenvalue weighted by atomic mass is 9.86. The van der Waals surface area contributed by atoms with Crippen LogP contribution in [0.15, 0.2) is 35.7 Å². The Morgan fingerprint density at radius 1 is 1.03 bits per heavy atom. The summed E-state index contributed by atoms with van der Waals surface area (Å²) in [7, 11) is 0. The number of amides is 1. The van der Waals surface area contributed by atoms with E-state index in [0.29, 0.717) is 6.04 Å². The Hall–Kier alpha value is -1.85. The van der Waals surface area contributed by atoms with Gasteiger partial charge in [-0.15, -0.1) is 11.3 Å². The van der Waals surface area contributed by atoms with E-state index in [1.165, 1.54) is 22.4 Å². The molecule has 0 aliphatic heterocycles. The van der Waals surface area contributed by atoms with Crippen molar-refractivity contribution in [2.75, 3.05) is 26.2 Å². The number of hydrogen-bond acceptors (Lipinski definition) is 4. The van der Waals surface area contributed by atoms with Gasteiger partial charge in [-0.2, -0.15) is 0 Å². The molecule has 0 saturated heterocycles. The van der Waals surface area contributed by atoms with E-state index in [0.717, 1.165) is 76.9 Å². The number of benzene rings is 1. The molecule has 3 rings (SSSR count). The van der Waals surface area contributed by atoms with E-state index in [4.69, 9.17) is 4.74 Å². The Labute approximate surface area is 198 Å². The fourth-order valence-electron chi connectivity index (χ4n) is 4.70. The van der Waals surface area contributed by atoms with Crippen molar-refractivity contribution in [1.82, 2.24) is 9.80 Å². The summed E-state index contributed by atoms with van der Waals surface area (Å²) in [5.74, 6) is 0.768. The highest BCUT2D eigenvalue weighted by Crippen LogP contribution is 2.32. The highest BCUT2D eigenvalue weighted by molar-refractivity contribution is 7.09. The average molecular weight is 457 g/mol. The lowest BCUT2D eigenvalue weighted by molar-refractivity contribution is 0.150. The van der Waals surface area contributed by atoms with Crippen molar-refractivity contribution in [3.05, 3.63) is 51.7 Å². The summed E-state index contributed by atoms with van der Waals surface area (Å²) in [6.45, 7) is 10.3. The number of hydrogen-bond donors (Lipinski definition) is 0. The van der Waals surface area contributed by atoms with E-state index in [1.807, 2.05) is 22.3 Å². The van der Waals surface area contributed by atoms with Crippen LogP contribution in [-0.4, -0.2) is 48.1 Å². The number of fused-ring (bicyclic) bond motifs is 1. The molecule has 32 heavy (non-hydrogen) atoms. The summed E-state index contributed by atoms with van der Waals surface area (Å²) in [5.41, 5.74) is 2.58. The predicted molar refractivity (Wildman–Crippen MR) is 135 cm³/mol. The van der Waals surface area contributed by atoms with Crippen LogP contribution in [0.3, 0.4) is 0 Å². The van der Waals surface area contributed by atoms with Crippen molar-refractivity contribution in [3.63, 3.8) is 0 Å². The molecule has 0 fully saturated rings. The molecule has 176 valence electrons. The first-order valence-corrected chi connectivity index (χ1v) is 13.4. The third-order valence-electron chi connectivity index (χ3n) is 6.40. The fraction of sp³-hybridized carbons (Fsp3) is 0.593. The van der Waals surface area contributed by atoms with Crippen molar-refractivity contribution in [2.24, 2.45) is 0 Å². The zero-order valence-electron chi connectivity index (χ0n) is 20.1. The number of carbonyl (C=O) groups is 1. The molecule has 1 aromatic heterocycles. The molecule has 0 saturated carbocycles. The van der Waals surface area contributed by atoms with Crippen molar-refractivity contribution in [3.8, 4) is 5.75 Å². The lowest BCUT2D eigenvalue weighted by Gasteiger charge is -2.35. The molecule has 4 nitrogen and oxygen atoms in total. The fourth-order valence-corrected chi connectivity index (χ4v) is 5.40. The number of carbonyl (C=O) groups excluding carboxylic acids is 1. The highest BCUT2D eigenvalue weighted by atomic mass is 32.1. The van der Waals surface area contributed by atoms with Crippen molar-refractivity contribution >= 4 is 17.4 Å². The van der Waals surface area contributed by atoms with Crippen LogP contribution in [0.5, 0.6) is 5.75 Å². The van der Waals surface area contributed by atoms with Crippen LogP contribution < -0.4 is 4.74 Å². The number of nitrogens with zero attached hydrogens (tertiary/aromatic N) is 2. The molecule has 0 N–H and O–H groups in total. The lowest BCUT2D eigenvalue weighted by Crippen LogP contribution is -2.41. The number of rotatable bonds is 12. The van der Waals surface area contributed by atoms with Crippen LogP contribution in [0.1, 0.15) is 68.9 Å². The number of ether oxygens (including phenoxy) is 1. The molecule has 1 atom stereocenters. The normalized spacial score (nSPS) is 15.6. The van der Waals surface area contributed by atoms with E-state index in [2.05, 4.69) is 55.3 Å². The van der Waals surface area contributed by atoms with Crippen LogP contribution >= 0.6 is 11.3 Å². The zero-order chi connectivity index (χ0) is 22.8. The summed E-state index contributed by atoms with van der Waals surface area (Å²) in [5, 5.41) is 2.17. The average Bonchev–Trinajstić information content (AvgIpc) is 3.33. The van der Waals surface area contributed by atoms with Crippen molar-refractivity contribution in [2.45, 2.75) is 78.2 Å². The van der Waals surface area contributed by atoms with Crippen LogP contribution in [0.4, 0.5) is 4.79 Å². The van der Waals surface area contributed by atoms with Gasteiger partial charge in [-0.1, -0.05) is 45.4 Å². The van der Waals surface area contributed by atoms with Gasteiger partial charge in [0.15, 0.2) is 0 Å². The standard InChI is InChI=1S/C27H40N2O2S/c1-4-7-18-29(17-6-3)27(30)31-26-12-8-10-22-21-23(13-14-25(22)26)28(16-5-2)19-15-24-11-9-20-32-24/h8-12,20,23H,4-7,13-19,21H2,1-3H3. The monoisotopic (exact) mass is 456 g/mol. The first-order valence-electron chi connectivity index (χ1n) is 12.5. The summed E-state index contributed by atoms with van der Waals surface area (Å²) >= 11 is 1.86. The molecule has 0 spiro atoms. The molecule has 0 radical (unpaired) electrons. The van der Waals surface area contributed by atoms with E-state index < -0.39 is 0 Å². The number of thiophene rings is 1. The zero-order valence-corrected chi connectivity index (χ0v) is 21.0. The number of unbranched alkanes of at least 4 members (excludes halogenated alkanes) is 1. The molecule has 5 heteroatoms. The minimum atomic E-state index is -0.195. The van der Waals surface area contributed by atoms with Gasteiger partial charge in [0.25, 0.3) is 0 Å². The van der Waals surface area contributed by atoms with Gasteiger partial charge in [0.2, 0.25) is 0 Å². The van der Waals surface area contributed by atoms with E-state index >= 15 is 0 Å². The Balaban J connectivity index is 1.66. The summed E-state index contributed by atoms with van der Waals surface area (Å²) in [4.78, 5) is 18.9. The largest absolute Gasteiger partial charge is 0.415 e. The first kappa shape index (κ1) is 24.8. The summed E-state index contributed by atoms with van der Waals surface area (Å²) in [6.07, 6.45) is 8.30. The second-order valence-corrected chi connectivity index (χ2v) is 9.90. The van der Waals surface area contributed by atoms with Gasteiger partial charge in [0, 0.05) is 30.6 Å². The Morgan fingerprint density at radius 2 is 1.88 bits per heavy atom. The molecular weight excluding hydrogens is 416 g/mol. The minimum absolute atomic E-state index is 0.195. The van der Waals surface area contributed by atoms with Crippen molar-refractivity contribution < 1.29 is 9.53 Å².